The zero-order valence-corrected chi connectivity index (χ0v) is 19.1. The molecule has 0 radical (unpaired) electrons. The molecule has 1 heterocycles. The van der Waals surface area contributed by atoms with E-state index >= 15 is 0 Å². The third-order valence-corrected chi connectivity index (χ3v) is 6.29. The first-order chi connectivity index (χ1) is 16.6. The Morgan fingerprint density at radius 3 is 2.41 bits per heavy atom. The maximum Gasteiger partial charge on any atom is 0.255 e. The quantitative estimate of drug-likeness (QED) is 0.359. The molecule has 1 aliphatic heterocycles. The van der Waals surface area contributed by atoms with E-state index in [1.807, 2.05) is 66.7 Å². The number of ether oxygens (including phenoxy) is 2. The van der Waals surface area contributed by atoms with E-state index in [2.05, 4.69) is 10.6 Å². The Labute approximate surface area is 201 Å². The maximum atomic E-state index is 12.7. The van der Waals surface area contributed by atoms with Crippen LogP contribution in [0.15, 0.2) is 89.8 Å². The Bertz CT molecular complexity index is 1370. The minimum absolute atomic E-state index is 0.132. The van der Waals surface area contributed by atoms with E-state index < -0.39 is 0 Å². The van der Waals surface area contributed by atoms with Crippen molar-refractivity contribution < 1.29 is 19.1 Å². The summed E-state index contributed by atoms with van der Waals surface area (Å²) in [5.74, 6) is 1.24. The third kappa shape index (κ3) is 5.15. The summed E-state index contributed by atoms with van der Waals surface area (Å²) in [5, 5.41) is 7.93. The normalized spacial score (nSPS) is 12.2. The van der Waals surface area contributed by atoms with Crippen LogP contribution in [0.1, 0.15) is 10.4 Å². The van der Waals surface area contributed by atoms with Gasteiger partial charge in [-0.25, -0.2) is 0 Å². The first-order valence-electron chi connectivity index (χ1n) is 10.9. The summed E-state index contributed by atoms with van der Waals surface area (Å²) in [6.45, 7) is 1.02. The number of nitrogens with one attached hydrogen (secondary N) is 2. The molecule has 0 unspecified atom stereocenters. The molecule has 0 saturated heterocycles. The molecule has 34 heavy (non-hydrogen) atoms. The number of rotatable bonds is 6. The molecule has 4 aromatic rings. The van der Waals surface area contributed by atoms with Gasteiger partial charge in [-0.2, -0.15) is 0 Å². The second-order valence-corrected chi connectivity index (χ2v) is 8.79. The van der Waals surface area contributed by atoms with Gasteiger partial charge in [0.1, 0.15) is 13.2 Å². The molecule has 0 aromatic heterocycles. The third-order valence-electron chi connectivity index (χ3n) is 5.30. The highest BCUT2D eigenvalue weighted by Gasteiger charge is 2.13. The minimum atomic E-state index is -0.177. The maximum absolute atomic E-state index is 12.7. The van der Waals surface area contributed by atoms with E-state index in [0.717, 1.165) is 15.7 Å². The summed E-state index contributed by atoms with van der Waals surface area (Å²) in [4.78, 5) is 26.1. The molecule has 2 amide bonds. The fourth-order valence-corrected chi connectivity index (χ4v) is 4.42. The van der Waals surface area contributed by atoms with E-state index in [1.165, 1.54) is 11.8 Å². The molecule has 5 rings (SSSR count). The van der Waals surface area contributed by atoms with Crippen molar-refractivity contribution in [3.63, 3.8) is 0 Å². The van der Waals surface area contributed by atoms with Crippen molar-refractivity contribution in [1.29, 1.82) is 0 Å². The van der Waals surface area contributed by atoms with Crippen LogP contribution in [0.3, 0.4) is 0 Å². The Hall–Kier alpha value is -3.97. The fraction of sp³-hybridized carbons (Fsp3) is 0.111. The number of hydrogen-bond donors (Lipinski definition) is 2. The summed E-state index contributed by atoms with van der Waals surface area (Å²) in [6.07, 6.45) is 0. The van der Waals surface area contributed by atoms with Crippen molar-refractivity contribution >= 4 is 45.7 Å². The van der Waals surface area contributed by atoms with Gasteiger partial charge in [-0.1, -0.05) is 36.4 Å². The number of fused-ring (bicyclic) bond motifs is 2. The second-order valence-electron chi connectivity index (χ2n) is 7.74. The average Bonchev–Trinajstić information content (AvgIpc) is 2.87. The molecule has 0 spiro atoms. The molecule has 170 valence electrons. The molecular weight excluding hydrogens is 448 g/mol. The molecule has 0 atom stereocenters. The molecular formula is C27H22N2O4S. The van der Waals surface area contributed by atoms with E-state index in [4.69, 9.17) is 9.47 Å². The number of thioether (sulfide) groups is 1. The molecule has 0 aliphatic carbocycles. The number of amides is 2. The van der Waals surface area contributed by atoms with Crippen molar-refractivity contribution in [2.24, 2.45) is 0 Å². The minimum Gasteiger partial charge on any atom is -0.486 e. The summed E-state index contributed by atoms with van der Waals surface area (Å²) in [5.41, 5.74) is 1.93. The van der Waals surface area contributed by atoms with Gasteiger partial charge in [0.25, 0.3) is 5.91 Å². The van der Waals surface area contributed by atoms with Crippen LogP contribution in [0.25, 0.3) is 10.8 Å². The zero-order chi connectivity index (χ0) is 23.3. The van der Waals surface area contributed by atoms with Crippen LogP contribution in [0.4, 0.5) is 11.4 Å². The van der Waals surface area contributed by atoms with Gasteiger partial charge in [-0.15, -0.1) is 11.8 Å². The summed E-state index contributed by atoms with van der Waals surface area (Å²) >= 11 is 1.40. The lowest BCUT2D eigenvalue weighted by Crippen LogP contribution is -2.17. The molecule has 1 aliphatic rings. The number of hydrogen-bond acceptors (Lipinski definition) is 5. The lowest BCUT2D eigenvalue weighted by Gasteiger charge is -2.19. The highest BCUT2D eigenvalue weighted by Crippen LogP contribution is 2.32. The second kappa shape index (κ2) is 9.89. The molecule has 6 nitrogen and oxygen atoms in total. The van der Waals surface area contributed by atoms with Crippen molar-refractivity contribution in [1.82, 2.24) is 0 Å². The highest BCUT2D eigenvalue weighted by molar-refractivity contribution is 8.00. The SMILES string of the molecule is O=C(CSc1cccc(NC(=O)c2ccc3ccccc3c2)c1)Nc1ccc2c(c1)OCCO2. The zero-order valence-electron chi connectivity index (χ0n) is 18.2. The van der Waals surface area contributed by atoms with E-state index in [1.54, 1.807) is 18.2 Å². The largest absolute Gasteiger partial charge is 0.486 e. The van der Waals surface area contributed by atoms with E-state index in [0.29, 0.717) is 41.7 Å². The standard InChI is InChI=1S/C27H22N2O4S/c30-26(28-22-10-11-24-25(16-22)33-13-12-32-24)17-34-23-7-3-6-21(15-23)29-27(31)20-9-8-18-4-1-2-5-19(18)14-20/h1-11,14-16H,12-13,17H2,(H,28,30)(H,29,31). The van der Waals surface area contributed by atoms with E-state index in [9.17, 15) is 9.59 Å². The molecule has 4 aromatic carbocycles. The Balaban J connectivity index is 1.18. The van der Waals surface area contributed by atoms with Gasteiger partial charge in [0.05, 0.1) is 5.75 Å². The first-order valence-corrected chi connectivity index (χ1v) is 11.9. The highest BCUT2D eigenvalue weighted by atomic mass is 32.2. The molecule has 7 heteroatoms. The summed E-state index contributed by atoms with van der Waals surface area (Å²) in [7, 11) is 0. The lowest BCUT2D eigenvalue weighted by molar-refractivity contribution is -0.113. The van der Waals surface area contributed by atoms with Crippen molar-refractivity contribution in [2.45, 2.75) is 4.90 Å². The number of carbonyl (C=O) groups excluding carboxylic acids is 2. The van der Waals surface area contributed by atoms with Gasteiger partial charge >= 0.3 is 0 Å². The predicted molar refractivity (Wildman–Crippen MR) is 135 cm³/mol. The van der Waals surface area contributed by atoms with Crippen LogP contribution in [-0.2, 0) is 4.79 Å². The Morgan fingerprint density at radius 1 is 0.735 bits per heavy atom. The Morgan fingerprint density at radius 2 is 1.53 bits per heavy atom. The summed E-state index contributed by atoms with van der Waals surface area (Å²) < 4.78 is 11.1. The van der Waals surface area contributed by atoms with Gasteiger partial charge < -0.3 is 20.1 Å². The van der Waals surface area contributed by atoms with Crippen LogP contribution in [0, 0.1) is 0 Å². The number of carbonyl (C=O) groups is 2. The molecule has 0 fully saturated rings. The molecule has 2 N–H and O–H groups in total. The monoisotopic (exact) mass is 470 g/mol. The number of anilines is 2. The van der Waals surface area contributed by atoms with Crippen LogP contribution in [0.2, 0.25) is 0 Å². The van der Waals surface area contributed by atoms with E-state index in [-0.39, 0.29) is 17.6 Å². The van der Waals surface area contributed by atoms with Crippen molar-refractivity contribution in [3.8, 4) is 11.5 Å². The van der Waals surface area contributed by atoms with Crippen LogP contribution in [0.5, 0.6) is 11.5 Å². The fourth-order valence-electron chi connectivity index (χ4n) is 3.66. The smallest absolute Gasteiger partial charge is 0.255 e. The topological polar surface area (TPSA) is 76.7 Å². The summed E-state index contributed by atoms with van der Waals surface area (Å²) in [6, 6.07) is 26.4. The van der Waals surface area contributed by atoms with Gasteiger partial charge in [-0.05, 0) is 53.2 Å². The lowest BCUT2D eigenvalue weighted by atomic mass is 10.1. The van der Waals surface area contributed by atoms with Gasteiger partial charge in [0.2, 0.25) is 5.91 Å². The molecule has 0 saturated carbocycles. The van der Waals surface area contributed by atoms with Crippen LogP contribution in [-0.4, -0.2) is 30.8 Å². The van der Waals surface area contributed by atoms with Gasteiger partial charge in [0.15, 0.2) is 11.5 Å². The predicted octanol–water partition coefficient (Wildman–Crippen LogP) is 5.59. The van der Waals surface area contributed by atoms with Crippen LogP contribution >= 0.6 is 11.8 Å². The van der Waals surface area contributed by atoms with Crippen molar-refractivity contribution in [3.05, 3.63) is 90.5 Å². The average molecular weight is 471 g/mol. The van der Waals surface area contributed by atoms with Crippen molar-refractivity contribution in [2.75, 3.05) is 29.6 Å². The first kappa shape index (κ1) is 21.9. The van der Waals surface area contributed by atoms with Gasteiger partial charge in [0, 0.05) is 27.9 Å². The number of benzene rings is 4. The Kier molecular flexibility index (Phi) is 6.35. The molecule has 0 bridgehead atoms. The van der Waals surface area contributed by atoms with Gasteiger partial charge in [-0.3, -0.25) is 9.59 Å². The van der Waals surface area contributed by atoms with Crippen LogP contribution < -0.4 is 20.1 Å².